The van der Waals surface area contributed by atoms with Gasteiger partial charge in [0.05, 0.1) is 5.97 Å². The molecule has 5 heteroatoms. The minimum absolute atomic E-state index is 0.0432. The van der Waals surface area contributed by atoms with E-state index in [9.17, 15) is 9.90 Å². The summed E-state index contributed by atoms with van der Waals surface area (Å²) in [6.07, 6.45) is 0. The molecule has 0 unspecified atom stereocenters. The zero-order chi connectivity index (χ0) is 6.78. The van der Waals surface area contributed by atoms with Crippen molar-refractivity contribution < 1.29 is 9.90 Å². The van der Waals surface area contributed by atoms with Crippen LogP contribution in [0.5, 0.6) is 0 Å². The molecule has 0 heterocycles. The number of thiol groups is 3. The Hall–Kier alpha value is 0.520. The van der Waals surface area contributed by atoms with E-state index < -0.39 is 10.0 Å². The molecule has 0 aromatic carbocycles. The van der Waals surface area contributed by atoms with Crippen LogP contribution in [0.15, 0.2) is 0 Å². The summed E-state index contributed by atoms with van der Waals surface area (Å²) in [5, 5.41) is 9.94. The van der Waals surface area contributed by atoms with Crippen LogP contribution in [0, 0.1) is 0 Å². The van der Waals surface area contributed by atoms with E-state index in [2.05, 4.69) is 37.9 Å². The monoisotopic (exact) mass is 169 g/mol. The van der Waals surface area contributed by atoms with Crippen LogP contribution in [0.2, 0.25) is 0 Å². The number of aliphatic carboxylic acids is 1. The Morgan fingerprint density at radius 2 is 2.00 bits per heavy atom. The van der Waals surface area contributed by atoms with Crippen LogP contribution in [0.4, 0.5) is 0 Å². The Kier molecular flexibility index (Phi) is 3.08. The molecule has 48 valence electrons. The molecule has 0 aromatic heterocycles. The maximum Gasteiger partial charge on any atom is 0.103 e. The standard InChI is InChI=1S/C3H6O2S3/c4-2(5)3(7,8)1-6/h6-8H,1H2,(H,4,5)/p-1. The first kappa shape index (κ1) is 8.52. The van der Waals surface area contributed by atoms with Crippen molar-refractivity contribution in [3.8, 4) is 0 Å². The van der Waals surface area contributed by atoms with Crippen molar-refractivity contribution in [2.45, 2.75) is 4.08 Å². The highest BCUT2D eigenvalue weighted by molar-refractivity contribution is 8.03. The Balaban J connectivity index is 3.91. The SMILES string of the molecule is O=C([O-])C(S)(S)CS. The van der Waals surface area contributed by atoms with Gasteiger partial charge in [-0.25, -0.2) is 0 Å². The van der Waals surface area contributed by atoms with Crippen LogP contribution in [0.1, 0.15) is 0 Å². The van der Waals surface area contributed by atoms with Crippen molar-refractivity contribution >= 4 is 43.9 Å². The number of carbonyl (C=O) groups is 1. The lowest BCUT2D eigenvalue weighted by atomic mass is 10.5. The van der Waals surface area contributed by atoms with Crippen molar-refractivity contribution in [2.75, 3.05) is 5.75 Å². The van der Waals surface area contributed by atoms with E-state index in [1.165, 1.54) is 0 Å². The second kappa shape index (κ2) is 2.89. The average molecular weight is 169 g/mol. The van der Waals surface area contributed by atoms with Gasteiger partial charge in [0.25, 0.3) is 0 Å². The number of carbonyl (C=O) groups excluding carboxylic acids is 1. The van der Waals surface area contributed by atoms with E-state index in [-0.39, 0.29) is 5.75 Å². The molecule has 0 fully saturated rings. The molecule has 0 aromatic rings. The van der Waals surface area contributed by atoms with E-state index in [1.54, 1.807) is 0 Å². The second-order valence-electron chi connectivity index (χ2n) is 1.26. The maximum atomic E-state index is 9.94. The molecule has 8 heavy (non-hydrogen) atoms. The number of carboxylic acid groups (broad SMARTS) is 1. The van der Waals surface area contributed by atoms with Gasteiger partial charge < -0.3 is 9.90 Å². The van der Waals surface area contributed by atoms with Crippen LogP contribution in [0.3, 0.4) is 0 Å². The third kappa shape index (κ3) is 2.19. The smallest absolute Gasteiger partial charge is 0.103 e. The lowest BCUT2D eigenvalue weighted by Crippen LogP contribution is -2.41. The highest BCUT2D eigenvalue weighted by Crippen LogP contribution is 2.19. The summed E-state index contributed by atoms with van der Waals surface area (Å²) in [5.74, 6) is -1.28. The van der Waals surface area contributed by atoms with Gasteiger partial charge in [-0.3, -0.25) is 0 Å². The van der Waals surface area contributed by atoms with Gasteiger partial charge in [0.2, 0.25) is 0 Å². The Morgan fingerprint density at radius 3 is 2.00 bits per heavy atom. The molecule has 0 saturated carbocycles. The summed E-state index contributed by atoms with van der Waals surface area (Å²) >= 11 is 10.9. The predicted molar refractivity (Wildman–Crippen MR) is 39.6 cm³/mol. The number of carboxylic acids is 1. The first-order valence-electron chi connectivity index (χ1n) is 1.78. The lowest BCUT2D eigenvalue weighted by molar-refractivity contribution is -0.305. The zero-order valence-corrected chi connectivity index (χ0v) is 6.55. The van der Waals surface area contributed by atoms with E-state index in [0.717, 1.165) is 0 Å². The van der Waals surface area contributed by atoms with Gasteiger partial charge in [-0.15, -0.1) is 0 Å². The van der Waals surface area contributed by atoms with Gasteiger partial charge in [0, 0.05) is 5.75 Å². The number of hydrogen-bond acceptors (Lipinski definition) is 5. The quantitative estimate of drug-likeness (QED) is 0.375. The normalized spacial score (nSPS) is 11.4. The Morgan fingerprint density at radius 1 is 1.62 bits per heavy atom. The average Bonchev–Trinajstić information content (AvgIpc) is 1.67. The van der Waals surface area contributed by atoms with Gasteiger partial charge in [0.1, 0.15) is 4.08 Å². The number of hydrogen-bond donors (Lipinski definition) is 3. The lowest BCUT2D eigenvalue weighted by Gasteiger charge is -2.19. The highest BCUT2D eigenvalue weighted by atomic mass is 32.2. The van der Waals surface area contributed by atoms with Crippen molar-refractivity contribution in [1.29, 1.82) is 0 Å². The van der Waals surface area contributed by atoms with E-state index in [4.69, 9.17) is 0 Å². The molecule has 0 radical (unpaired) electrons. The molecule has 0 aliphatic rings. The number of rotatable bonds is 2. The van der Waals surface area contributed by atoms with Gasteiger partial charge in [-0.2, -0.15) is 37.9 Å². The van der Waals surface area contributed by atoms with E-state index in [1.807, 2.05) is 0 Å². The molecule has 0 atom stereocenters. The molecule has 0 rings (SSSR count). The van der Waals surface area contributed by atoms with Gasteiger partial charge in [-0.1, -0.05) is 0 Å². The van der Waals surface area contributed by atoms with E-state index >= 15 is 0 Å². The first-order valence-corrected chi connectivity index (χ1v) is 3.30. The Labute approximate surface area is 63.9 Å². The second-order valence-corrected chi connectivity index (χ2v) is 3.46. The van der Waals surface area contributed by atoms with Crippen LogP contribution in [-0.4, -0.2) is 15.8 Å². The minimum atomic E-state index is -1.40. The third-order valence-corrected chi connectivity index (χ3v) is 2.20. The van der Waals surface area contributed by atoms with Crippen molar-refractivity contribution in [1.82, 2.24) is 0 Å². The molecular formula is C3H5O2S3-. The molecule has 0 amide bonds. The fourth-order valence-corrected chi connectivity index (χ4v) is 0.194. The van der Waals surface area contributed by atoms with Crippen LogP contribution < -0.4 is 5.11 Å². The van der Waals surface area contributed by atoms with Gasteiger partial charge in [-0.05, 0) is 0 Å². The highest BCUT2D eigenvalue weighted by Gasteiger charge is 2.18. The Bertz CT molecular complexity index is 101. The van der Waals surface area contributed by atoms with Crippen molar-refractivity contribution in [3.05, 3.63) is 0 Å². The molecular weight excluding hydrogens is 164 g/mol. The third-order valence-electron chi connectivity index (χ3n) is 0.547. The zero-order valence-electron chi connectivity index (χ0n) is 3.87. The fraction of sp³-hybridized carbons (Fsp3) is 0.667. The van der Waals surface area contributed by atoms with Crippen LogP contribution in [0.25, 0.3) is 0 Å². The van der Waals surface area contributed by atoms with Crippen LogP contribution in [-0.2, 0) is 4.79 Å². The van der Waals surface area contributed by atoms with E-state index in [0.29, 0.717) is 0 Å². The summed E-state index contributed by atoms with van der Waals surface area (Å²) in [7, 11) is 0. The largest absolute Gasteiger partial charge is 0.548 e. The molecule has 2 nitrogen and oxygen atoms in total. The first-order chi connectivity index (χ1) is 3.50. The predicted octanol–water partition coefficient (Wildman–Crippen LogP) is -0.778. The molecule has 0 aliphatic heterocycles. The fourth-order valence-electron chi connectivity index (χ4n) is 0.0645. The van der Waals surface area contributed by atoms with Gasteiger partial charge in [0.15, 0.2) is 0 Å². The van der Waals surface area contributed by atoms with Crippen LogP contribution >= 0.6 is 37.9 Å². The minimum Gasteiger partial charge on any atom is -0.548 e. The summed E-state index contributed by atoms with van der Waals surface area (Å²) < 4.78 is -1.40. The van der Waals surface area contributed by atoms with Crippen molar-refractivity contribution in [2.24, 2.45) is 0 Å². The molecule has 0 bridgehead atoms. The summed E-state index contributed by atoms with van der Waals surface area (Å²) in [6, 6.07) is 0. The summed E-state index contributed by atoms with van der Waals surface area (Å²) in [5.41, 5.74) is 0. The summed E-state index contributed by atoms with van der Waals surface area (Å²) in [6.45, 7) is 0. The molecule has 0 aliphatic carbocycles. The van der Waals surface area contributed by atoms with Crippen molar-refractivity contribution in [3.63, 3.8) is 0 Å². The molecule has 0 N–H and O–H groups in total. The topological polar surface area (TPSA) is 40.1 Å². The molecule has 0 spiro atoms. The maximum absolute atomic E-state index is 9.94. The summed E-state index contributed by atoms with van der Waals surface area (Å²) in [4.78, 5) is 9.94. The van der Waals surface area contributed by atoms with Gasteiger partial charge >= 0.3 is 0 Å². The molecule has 0 saturated heterocycles.